The zero-order valence-corrected chi connectivity index (χ0v) is 16.7. The quantitative estimate of drug-likeness (QED) is 0.681. The lowest BCUT2D eigenvalue weighted by molar-refractivity contribution is 0.247. The lowest BCUT2D eigenvalue weighted by Gasteiger charge is -2.29. The lowest BCUT2D eigenvalue weighted by Crippen LogP contribution is -2.30. The number of anilines is 1. The van der Waals surface area contributed by atoms with Crippen LogP contribution in [0.3, 0.4) is 0 Å². The Kier molecular flexibility index (Phi) is 7.58. The molecule has 1 N–H and O–H groups in total. The Balaban J connectivity index is 0.00000113. The molecule has 0 fully saturated rings. The minimum atomic E-state index is 0. The van der Waals surface area contributed by atoms with E-state index >= 15 is 0 Å². The number of nitrogens with one attached hydrogen (secondary N) is 1. The molecule has 9 heteroatoms. The Bertz CT molecular complexity index is 765. The second-order valence-corrected chi connectivity index (χ2v) is 7.44. The molecule has 4 heterocycles. The summed E-state index contributed by atoms with van der Waals surface area (Å²) < 4.78 is 0. The molecule has 0 saturated heterocycles. The summed E-state index contributed by atoms with van der Waals surface area (Å²) in [7, 11) is 0. The average molecular weight is 416 g/mol. The molecule has 3 aromatic heterocycles. The van der Waals surface area contributed by atoms with E-state index in [0.29, 0.717) is 0 Å². The van der Waals surface area contributed by atoms with Crippen LogP contribution >= 0.6 is 47.5 Å². The fraction of sp³-hybridized carbons (Fsp3) is 0.312. The van der Waals surface area contributed by atoms with Crippen molar-refractivity contribution in [2.45, 2.75) is 26.1 Å². The Morgan fingerprint density at radius 1 is 1.20 bits per heavy atom. The van der Waals surface area contributed by atoms with E-state index in [0.717, 1.165) is 37.7 Å². The topological polar surface area (TPSA) is 53.9 Å². The highest BCUT2D eigenvalue weighted by atomic mass is 35.5. The molecule has 134 valence electrons. The summed E-state index contributed by atoms with van der Waals surface area (Å²) in [6, 6.07) is 4.33. The van der Waals surface area contributed by atoms with Crippen LogP contribution in [0.4, 0.5) is 5.13 Å². The standard InChI is InChI=1S/C16H17N5S2.2ClH/c1-2-14(22-5-1)10-21-4-3-15-12(6-17-7-13(15)9-21)8-18-16-20-19-11-23-16;;/h1-2,5-7,11H,3-4,8-10H2,(H,18,20);2*1H. The number of pyridine rings is 1. The largest absolute Gasteiger partial charge is 0.356 e. The summed E-state index contributed by atoms with van der Waals surface area (Å²) in [5, 5.41) is 14.2. The number of halogens is 2. The highest BCUT2D eigenvalue weighted by Crippen LogP contribution is 2.24. The highest BCUT2D eigenvalue weighted by Gasteiger charge is 2.19. The summed E-state index contributed by atoms with van der Waals surface area (Å²) in [6.45, 7) is 3.87. The highest BCUT2D eigenvalue weighted by molar-refractivity contribution is 7.13. The van der Waals surface area contributed by atoms with Crippen LogP contribution in [-0.4, -0.2) is 26.6 Å². The van der Waals surface area contributed by atoms with Crippen molar-refractivity contribution in [3.05, 3.63) is 57.0 Å². The van der Waals surface area contributed by atoms with Gasteiger partial charge < -0.3 is 5.32 Å². The molecule has 0 bridgehead atoms. The molecule has 5 nitrogen and oxygen atoms in total. The molecular formula is C16H19Cl2N5S2. The number of fused-ring (bicyclic) bond motifs is 1. The van der Waals surface area contributed by atoms with Crippen molar-refractivity contribution in [1.29, 1.82) is 0 Å². The predicted octanol–water partition coefficient (Wildman–Crippen LogP) is 4.01. The van der Waals surface area contributed by atoms with Crippen molar-refractivity contribution in [3.63, 3.8) is 0 Å². The van der Waals surface area contributed by atoms with Crippen LogP contribution in [0.2, 0.25) is 0 Å². The van der Waals surface area contributed by atoms with E-state index in [4.69, 9.17) is 0 Å². The third kappa shape index (κ3) is 4.89. The van der Waals surface area contributed by atoms with Gasteiger partial charge >= 0.3 is 0 Å². The third-order valence-corrected chi connectivity index (χ3v) is 5.57. The fourth-order valence-electron chi connectivity index (χ4n) is 2.96. The van der Waals surface area contributed by atoms with Crippen LogP contribution in [0.5, 0.6) is 0 Å². The van der Waals surface area contributed by atoms with E-state index in [-0.39, 0.29) is 24.8 Å². The van der Waals surface area contributed by atoms with Gasteiger partial charge in [0.1, 0.15) is 5.51 Å². The summed E-state index contributed by atoms with van der Waals surface area (Å²) in [6.07, 6.45) is 5.07. The molecule has 0 aromatic carbocycles. The maximum Gasteiger partial charge on any atom is 0.205 e. The smallest absolute Gasteiger partial charge is 0.205 e. The summed E-state index contributed by atoms with van der Waals surface area (Å²) in [5.74, 6) is 0. The van der Waals surface area contributed by atoms with Gasteiger partial charge in [-0.1, -0.05) is 17.4 Å². The predicted molar refractivity (Wildman–Crippen MR) is 108 cm³/mol. The first-order valence-corrected chi connectivity index (χ1v) is 9.34. The van der Waals surface area contributed by atoms with Crippen molar-refractivity contribution >= 4 is 52.6 Å². The van der Waals surface area contributed by atoms with Gasteiger partial charge in [0, 0.05) is 43.4 Å². The molecule has 0 atom stereocenters. The van der Waals surface area contributed by atoms with Crippen LogP contribution in [-0.2, 0) is 26.1 Å². The number of thiophene rings is 1. The zero-order chi connectivity index (χ0) is 15.5. The van der Waals surface area contributed by atoms with Crippen LogP contribution in [0.15, 0.2) is 35.4 Å². The molecule has 0 saturated carbocycles. The molecule has 1 aliphatic heterocycles. The molecule has 25 heavy (non-hydrogen) atoms. The zero-order valence-electron chi connectivity index (χ0n) is 13.4. The van der Waals surface area contributed by atoms with Gasteiger partial charge in [-0.3, -0.25) is 9.88 Å². The van der Waals surface area contributed by atoms with Gasteiger partial charge in [0.2, 0.25) is 5.13 Å². The van der Waals surface area contributed by atoms with E-state index in [1.807, 2.05) is 23.7 Å². The van der Waals surface area contributed by atoms with Gasteiger partial charge in [-0.05, 0) is 34.6 Å². The van der Waals surface area contributed by atoms with Crippen LogP contribution < -0.4 is 5.32 Å². The number of hydrogen-bond donors (Lipinski definition) is 1. The van der Waals surface area contributed by atoms with Gasteiger partial charge in [-0.15, -0.1) is 46.3 Å². The molecule has 1 aliphatic rings. The van der Waals surface area contributed by atoms with Crippen molar-refractivity contribution in [3.8, 4) is 0 Å². The summed E-state index contributed by atoms with van der Waals surface area (Å²) >= 11 is 3.35. The van der Waals surface area contributed by atoms with Gasteiger partial charge in [-0.2, -0.15) is 0 Å². The van der Waals surface area contributed by atoms with E-state index in [1.165, 1.54) is 32.9 Å². The van der Waals surface area contributed by atoms with Crippen LogP contribution in [0.25, 0.3) is 0 Å². The number of rotatable bonds is 5. The fourth-order valence-corrected chi connectivity index (χ4v) is 4.15. The monoisotopic (exact) mass is 415 g/mol. The van der Waals surface area contributed by atoms with Crippen molar-refractivity contribution in [2.24, 2.45) is 0 Å². The second kappa shape index (κ2) is 9.45. The Morgan fingerprint density at radius 3 is 2.88 bits per heavy atom. The Morgan fingerprint density at radius 2 is 2.12 bits per heavy atom. The first kappa shape index (κ1) is 20.1. The Labute approximate surface area is 167 Å². The van der Waals surface area contributed by atoms with Gasteiger partial charge in [0.15, 0.2) is 0 Å². The Hall–Kier alpha value is -1.25. The molecule has 0 radical (unpaired) electrons. The van der Waals surface area contributed by atoms with Gasteiger partial charge in [0.25, 0.3) is 0 Å². The normalized spacial score (nSPS) is 13.4. The lowest BCUT2D eigenvalue weighted by atomic mass is 9.97. The first-order chi connectivity index (χ1) is 11.4. The molecule has 4 rings (SSSR count). The molecule has 0 amide bonds. The van der Waals surface area contributed by atoms with E-state index in [9.17, 15) is 0 Å². The van der Waals surface area contributed by atoms with Crippen molar-refractivity contribution in [2.75, 3.05) is 11.9 Å². The van der Waals surface area contributed by atoms with Crippen LogP contribution in [0.1, 0.15) is 21.6 Å². The molecule has 0 unspecified atom stereocenters. The minimum Gasteiger partial charge on any atom is -0.356 e. The molecule has 0 spiro atoms. The van der Waals surface area contributed by atoms with Crippen molar-refractivity contribution in [1.82, 2.24) is 20.1 Å². The van der Waals surface area contributed by atoms with E-state index < -0.39 is 0 Å². The number of hydrogen-bond acceptors (Lipinski definition) is 7. The van der Waals surface area contributed by atoms with E-state index in [1.54, 1.807) is 5.51 Å². The summed E-state index contributed by atoms with van der Waals surface area (Å²) in [4.78, 5) is 8.36. The van der Waals surface area contributed by atoms with E-state index in [2.05, 4.69) is 42.9 Å². The molecule has 3 aromatic rings. The van der Waals surface area contributed by atoms with Gasteiger partial charge in [-0.25, -0.2) is 0 Å². The number of nitrogens with zero attached hydrogens (tertiary/aromatic N) is 4. The molecule has 0 aliphatic carbocycles. The molecular weight excluding hydrogens is 397 g/mol. The maximum atomic E-state index is 4.43. The van der Waals surface area contributed by atoms with Gasteiger partial charge in [0.05, 0.1) is 0 Å². The third-order valence-electron chi connectivity index (χ3n) is 4.06. The second-order valence-electron chi connectivity index (χ2n) is 5.57. The number of aromatic nitrogens is 3. The maximum absolute atomic E-state index is 4.43. The minimum absolute atomic E-state index is 0. The first-order valence-electron chi connectivity index (χ1n) is 7.58. The SMILES string of the molecule is Cl.Cl.c1csc(CN2CCc3c(CNc4nncs4)cncc3C2)c1. The summed E-state index contributed by atoms with van der Waals surface area (Å²) in [5.41, 5.74) is 5.81. The van der Waals surface area contributed by atoms with Crippen LogP contribution in [0, 0.1) is 0 Å². The average Bonchev–Trinajstić information content (AvgIpc) is 3.26. The van der Waals surface area contributed by atoms with Crippen molar-refractivity contribution < 1.29 is 0 Å².